The summed E-state index contributed by atoms with van der Waals surface area (Å²) in [5.41, 5.74) is 0.945. The van der Waals surface area contributed by atoms with Crippen LogP contribution in [-0.4, -0.2) is 78.0 Å². The van der Waals surface area contributed by atoms with Crippen molar-refractivity contribution in [2.24, 2.45) is 5.92 Å². The highest BCUT2D eigenvalue weighted by Crippen LogP contribution is 2.47. The van der Waals surface area contributed by atoms with Gasteiger partial charge in [-0.15, -0.1) is 0 Å². The van der Waals surface area contributed by atoms with Crippen LogP contribution in [0.5, 0.6) is 0 Å². The van der Waals surface area contributed by atoms with E-state index >= 15 is 0 Å². The van der Waals surface area contributed by atoms with Gasteiger partial charge in [-0.2, -0.15) is 11.8 Å². The molecule has 260 valence electrons. The molecule has 0 aliphatic rings. The fraction of sp³-hybridized carbons (Fsp3) is 0.355. The standard InChI is InChI=1S/C31H37O13P3S/c1-48-18-17-43-46(35,36)41-14-13-39-45(33,34)40-15-16-42-47(37,38)44-21-22(20-32)19-24-11-12-29-27-9-3-6-23-5-2-8-26(30(23)27)28-10-4-7-25(24)31(28)29/h2-12,22,32H,13-21H2,1H3,(H,33,34)(H,35,36)(H,37,38). The van der Waals surface area contributed by atoms with E-state index in [4.69, 9.17) is 18.1 Å². The van der Waals surface area contributed by atoms with Gasteiger partial charge in [0.15, 0.2) is 0 Å². The van der Waals surface area contributed by atoms with Gasteiger partial charge in [0.05, 0.1) is 39.6 Å². The molecule has 0 heterocycles. The zero-order valence-electron chi connectivity index (χ0n) is 26.0. The number of thioether (sulfide) groups is 1. The molecule has 5 aromatic carbocycles. The van der Waals surface area contributed by atoms with Crippen LogP contribution in [0.15, 0.2) is 66.7 Å². The lowest BCUT2D eigenvalue weighted by Crippen LogP contribution is -2.17. The maximum atomic E-state index is 12.5. The third-order valence-electron chi connectivity index (χ3n) is 7.58. The average Bonchev–Trinajstić information content (AvgIpc) is 3.06. The number of hydrogen-bond donors (Lipinski definition) is 4. The van der Waals surface area contributed by atoms with E-state index in [-0.39, 0.29) is 19.8 Å². The van der Waals surface area contributed by atoms with Gasteiger partial charge in [-0.05, 0) is 61.3 Å². The average molecular weight is 743 g/mol. The minimum atomic E-state index is -4.63. The van der Waals surface area contributed by atoms with Crippen molar-refractivity contribution >= 4 is 78.3 Å². The fourth-order valence-corrected chi connectivity index (χ4v) is 8.07. The largest absolute Gasteiger partial charge is 0.472 e. The molecule has 48 heavy (non-hydrogen) atoms. The number of fused-ring (bicyclic) bond motifs is 2. The predicted molar refractivity (Wildman–Crippen MR) is 186 cm³/mol. The predicted octanol–water partition coefficient (Wildman–Crippen LogP) is 6.65. The van der Waals surface area contributed by atoms with Crippen molar-refractivity contribution in [3.05, 3.63) is 72.3 Å². The minimum Gasteiger partial charge on any atom is -0.396 e. The van der Waals surface area contributed by atoms with E-state index < -0.39 is 55.8 Å². The highest BCUT2D eigenvalue weighted by Gasteiger charge is 2.27. The molecule has 0 aromatic heterocycles. The second-order valence-electron chi connectivity index (χ2n) is 10.8. The van der Waals surface area contributed by atoms with Crippen LogP contribution in [-0.2, 0) is 47.3 Å². The van der Waals surface area contributed by atoms with Gasteiger partial charge in [-0.1, -0.05) is 66.7 Å². The van der Waals surface area contributed by atoms with E-state index in [9.17, 15) is 33.5 Å². The summed E-state index contributed by atoms with van der Waals surface area (Å²) in [5, 5.41) is 19.2. The van der Waals surface area contributed by atoms with Gasteiger partial charge in [0.1, 0.15) is 0 Å². The van der Waals surface area contributed by atoms with E-state index in [1.165, 1.54) is 22.5 Å². The number of phosphoric acid groups is 3. The normalized spacial score (nSPS) is 16.8. The van der Waals surface area contributed by atoms with Crippen molar-refractivity contribution < 1.29 is 60.6 Å². The first-order chi connectivity index (χ1) is 22.9. The van der Waals surface area contributed by atoms with Crippen LogP contribution in [0.3, 0.4) is 0 Å². The van der Waals surface area contributed by atoms with Crippen LogP contribution in [0, 0.1) is 5.92 Å². The molecule has 0 amide bonds. The maximum absolute atomic E-state index is 12.5. The first-order valence-electron chi connectivity index (χ1n) is 15.0. The lowest BCUT2D eigenvalue weighted by atomic mass is 9.87. The van der Waals surface area contributed by atoms with Gasteiger partial charge < -0.3 is 19.8 Å². The van der Waals surface area contributed by atoms with E-state index in [0.717, 1.165) is 37.9 Å². The number of benzene rings is 5. The quantitative estimate of drug-likeness (QED) is 0.0287. The Morgan fingerprint density at radius 1 is 0.604 bits per heavy atom. The summed E-state index contributed by atoms with van der Waals surface area (Å²) >= 11 is 1.41. The van der Waals surface area contributed by atoms with Crippen molar-refractivity contribution in [2.45, 2.75) is 6.42 Å². The molecule has 0 spiro atoms. The van der Waals surface area contributed by atoms with Crippen molar-refractivity contribution in [1.82, 2.24) is 0 Å². The molecule has 5 rings (SSSR count). The minimum absolute atomic E-state index is 0.0182. The highest BCUT2D eigenvalue weighted by atomic mass is 32.2. The third kappa shape index (κ3) is 9.42. The molecule has 5 aromatic rings. The van der Waals surface area contributed by atoms with E-state index in [0.29, 0.717) is 12.2 Å². The smallest absolute Gasteiger partial charge is 0.396 e. The summed E-state index contributed by atoms with van der Waals surface area (Å²) in [4.78, 5) is 29.4. The summed E-state index contributed by atoms with van der Waals surface area (Å²) in [7, 11) is -13.6. The Morgan fingerprint density at radius 3 is 1.60 bits per heavy atom. The molecule has 0 radical (unpaired) electrons. The first kappa shape index (κ1) is 37.3. The Kier molecular flexibility index (Phi) is 12.7. The zero-order chi connectivity index (χ0) is 34.4. The van der Waals surface area contributed by atoms with Crippen LogP contribution in [0.4, 0.5) is 0 Å². The summed E-state index contributed by atoms with van der Waals surface area (Å²) in [6.07, 6.45) is 2.15. The number of hydrogen-bond acceptors (Lipinski definition) is 11. The zero-order valence-corrected chi connectivity index (χ0v) is 29.5. The molecule has 13 nitrogen and oxygen atoms in total. The molecule has 0 saturated heterocycles. The number of aliphatic hydroxyl groups excluding tert-OH is 1. The molecule has 0 fully saturated rings. The maximum Gasteiger partial charge on any atom is 0.472 e. The summed E-state index contributed by atoms with van der Waals surface area (Å²) in [6, 6.07) is 22.8. The van der Waals surface area contributed by atoms with Crippen LogP contribution < -0.4 is 0 Å². The van der Waals surface area contributed by atoms with Gasteiger partial charge in [-0.3, -0.25) is 27.1 Å². The van der Waals surface area contributed by atoms with Crippen LogP contribution in [0.1, 0.15) is 5.56 Å². The third-order valence-corrected chi connectivity index (χ3v) is 11.2. The van der Waals surface area contributed by atoms with Crippen LogP contribution in [0.25, 0.3) is 43.1 Å². The highest BCUT2D eigenvalue weighted by molar-refractivity contribution is 7.98. The molecule has 0 aliphatic heterocycles. The van der Waals surface area contributed by atoms with E-state index in [1.807, 2.05) is 30.3 Å². The molecule has 4 atom stereocenters. The number of phosphoric ester groups is 3. The van der Waals surface area contributed by atoms with Gasteiger partial charge >= 0.3 is 23.5 Å². The van der Waals surface area contributed by atoms with Crippen LogP contribution >= 0.6 is 35.2 Å². The first-order valence-corrected chi connectivity index (χ1v) is 20.8. The Morgan fingerprint density at radius 2 is 1.06 bits per heavy atom. The summed E-state index contributed by atoms with van der Waals surface area (Å²) < 4.78 is 64.8. The van der Waals surface area contributed by atoms with Gasteiger partial charge in [-0.25, -0.2) is 13.7 Å². The summed E-state index contributed by atoms with van der Waals surface area (Å²) in [5.74, 6) is -0.0689. The molecule has 0 saturated carbocycles. The lowest BCUT2D eigenvalue weighted by Gasteiger charge is -2.20. The molecule has 0 bridgehead atoms. The molecular formula is C31H37O13P3S. The van der Waals surface area contributed by atoms with Gasteiger partial charge in [0.25, 0.3) is 0 Å². The topological polar surface area (TPSA) is 188 Å². The molecular weight excluding hydrogens is 705 g/mol. The van der Waals surface area contributed by atoms with Crippen molar-refractivity contribution in [3.8, 4) is 0 Å². The Balaban J connectivity index is 1.13. The fourth-order valence-electron chi connectivity index (χ4n) is 5.53. The molecule has 17 heteroatoms. The van der Waals surface area contributed by atoms with Crippen molar-refractivity contribution in [2.75, 3.05) is 58.3 Å². The van der Waals surface area contributed by atoms with Gasteiger partial charge in [0, 0.05) is 18.3 Å². The Labute approximate surface area is 281 Å². The van der Waals surface area contributed by atoms with Crippen molar-refractivity contribution in [1.29, 1.82) is 0 Å². The molecule has 4 N–H and O–H groups in total. The number of aliphatic hydroxyl groups is 1. The molecule has 0 aliphatic carbocycles. The number of rotatable bonds is 20. The summed E-state index contributed by atoms with van der Waals surface area (Å²) in [6.45, 7) is -2.95. The monoisotopic (exact) mass is 742 g/mol. The Hall–Kier alpha value is -1.96. The Bertz CT molecular complexity index is 1940. The SMILES string of the molecule is CSCCOP(=O)(O)OCCOP(=O)(O)OCCOP(=O)(O)OCC(CO)Cc1ccc2c3cccc4cccc(c5cccc1c52)c43. The van der Waals surface area contributed by atoms with Crippen molar-refractivity contribution in [3.63, 3.8) is 0 Å². The van der Waals surface area contributed by atoms with Gasteiger partial charge in [0.2, 0.25) is 0 Å². The van der Waals surface area contributed by atoms with E-state index in [2.05, 4.69) is 45.4 Å². The second-order valence-corrected chi connectivity index (χ2v) is 16.2. The molecule has 4 unspecified atom stereocenters. The second kappa shape index (κ2) is 16.4. The van der Waals surface area contributed by atoms with Crippen LogP contribution in [0.2, 0.25) is 0 Å². The van der Waals surface area contributed by atoms with E-state index in [1.54, 1.807) is 6.26 Å². The lowest BCUT2D eigenvalue weighted by molar-refractivity contribution is 0.0801.